The Balaban J connectivity index is 1.71. The third-order valence-electron chi connectivity index (χ3n) is 4.33. The summed E-state index contributed by atoms with van der Waals surface area (Å²) in [5.74, 6) is 1.09. The van der Waals surface area contributed by atoms with Crippen LogP contribution < -0.4 is 14.4 Å². The highest BCUT2D eigenvalue weighted by molar-refractivity contribution is 6.03. The number of carbonyl (C=O) groups is 1. The zero-order valence-corrected chi connectivity index (χ0v) is 14.4. The molecular weight excluding hydrogens is 326 g/mol. The van der Waals surface area contributed by atoms with Crippen molar-refractivity contribution in [1.29, 1.82) is 0 Å². The Labute approximate surface area is 152 Å². The van der Waals surface area contributed by atoms with E-state index >= 15 is 0 Å². The second kappa shape index (κ2) is 6.92. The number of ether oxygens (including phenoxy) is 2. The summed E-state index contributed by atoms with van der Waals surface area (Å²) in [6, 6.07) is 26.6. The van der Waals surface area contributed by atoms with E-state index in [9.17, 15) is 4.79 Å². The first-order valence-electron chi connectivity index (χ1n) is 8.60. The van der Waals surface area contributed by atoms with Crippen molar-refractivity contribution < 1.29 is 14.3 Å². The number of hydrogen-bond donors (Lipinski definition) is 0. The second-order valence-corrected chi connectivity index (χ2v) is 6.15. The van der Waals surface area contributed by atoms with Crippen LogP contribution in [0.25, 0.3) is 0 Å². The number of hydrogen-bond acceptors (Lipinski definition) is 3. The molecule has 0 unspecified atom stereocenters. The first kappa shape index (κ1) is 16.2. The number of para-hydroxylation sites is 4. The molecule has 0 N–H and O–H groups in total. The third kappa shape index (κ3) is 3.02. The molecule has 1 aliphatic rings. The van der Waals surface area contributed by atoms with E-state index in [-0.39, 0.29) is 5.91 Å². The van der Waals surface area contributed by atoms with Crippen molar-refractivity contribution in [2.75, 3.05) is 4.90 Å². The highest BCUT2D eigenvalue weighted by Crippen LogP contribution is 2.35. The van der Waals surface area contributed by atoms with Crippen molar-refractivity contribution in [3.8, 4) is 11.5 Å². The van der Waals surface area contributed by atoms with E-state index in [1.54, 1.807) is 4.90 Å². The molecule has 4 heteroatoms. The zero-order chi connectivity index (χ0) is 17.9. The van der Waals surface area contributed by atoms with Crippen molar-refractivity contribution in [2.45, 2.75) is 19.1 Å². The number of carbonyl (C=O) groups excluding carboxylic acids is 1. The first-order valence-corrected chi connectivity index (χ1v) is 8.60. The van der Waals surface area contributed by atoms with Gasteiger partial charge in [-0.15, -0.1) is 0 Å². The summed E-state index contributed by atoms with van der Waals surface area (Å²) in [6.45, 7) is 1.85. The summed E-state index contributed by atoms with van der Waals surface area (Å²) in [6.07, 6.45) is -1.13. The maximum absolute atomic E-state index is 13.4. The number of anilines is 2. The van der Waals surface area contributed by atoms with Gasteiger partial charge in [0.1, 0.15) is 6.10 Å². The number of benzene rings is 3. The Bertz CT molecular complexity index is 856. The summed E-state index contributed by atoms with van der Waals surface area (Å²) in [4.78, 5) is 15.1. The Morgan fingerprint density at radius 3 is 1.73 bits per heavy atom. The minimum absolute atomic E-state index is 0.163. The summed E-state index contributed by atoms with van der Waals surface area (Å²) < 4.78 is 11.9. The van der Waals surface area contributed by atoms with Gasteiger partial charge >= 0.3 is 0 Å². The molecule has 0 aromatic heterocycles. The normalized spacial score (nSPS) is 18.2. The highest BCUT2D eigenvalue weighted by atomic mass is 16.6. The van der Waals surface area contributed by atoms with Crippen LogP contribution in [0.2, 0.25) is 0 Å². The van der Waals surface area contributed by atoms with Gasteiger partial charge in [0.05, 0.1) is 0 Å². The van der Waals surface area contributed by atoms with Crippen LogP contribution in [0.15, 0.2) is 84.9 Å². The number of rotatable bonds is 3. The minimum Gasteiger partial charge on any atom is -0.482 e. The Morgan fingerprint density at radius 2 is 1.19 bits per heavy atom. The molecule has 1 heterocycles. The van der Waals surface area contributed by atoms with E-state index < -0.39 is 12.2 Å². The van der Waals surface area contributed by atoms with Gasteiger partial charge in [0, 0.05) is 11.4 Å². The van der Waals surface area contributed by atoms with Crippen LogP contribution in [0.1, 0.15) is 6.92 Å². The van der Waals surface area contributed by atoms with Crippen LogP contribution in [-0.2, 0) is 4.79 Å². The van der Waals surface area contributed by atoms with Crippen LogP contribution >= 0.6 is 0 Å². The molecule has 1 aliphatic heterocycles. The smallest absolute Gasteiger partial charge is 0.276 e. The Kier molecular flexibility index (Phi) is 4.32. The Hall–Kier alpha value is -3.27. The van der Waals surface area contributed by atoms with Gasteiger partial charge < -0.3 is 9.47 Å². The molecule has 0 spiro atoms. The van der Waals surface area contributed by atoms with E-state index in [0.29, 0.717) is 11.5 Å². The average Bonchev–Trinajstić information content (AvgIpc) is 2.69. The fourth-order valence-electron chi connectivity index (χ4n) is 3.08. The predicted octanol–water partition coefficient (Wildman–Crippen LogP) is 4.58. The van der Waals surface area contributed by atoms with Gasteiger partial charge in [-0.3, -0.25) is 9.69 Å². The Morgan fingerprint density at radius 1 is 0.731 bits per heavy atom. The molecule has 4 rings (SSSR count). The van der Waals surface area contributed by atoms with E-state index in [4.69, 9.17) is 9.47 Å². The lowest BCUT2D eigenvalue weighted by molar-refractivity contribution is -0.129. The standard InChI is InChI=1S/C22H19NO3/c1-16-21(26-20-15-9-8-14-19(20)25-16)22(24)23(17-10-4-2-5-11-17)18-12-6-3-7-13-18/h2-16,21H,1H3/t16-,21+/m0/s1. The quantitative estimate of drug-likeness (QED) is 0.697. The van der Waals surface area contributed by atoms with Crippen LogP contribution in [-0.4, -0.2) is 18.1 Å². The van der Waals surface area contributed by atoms with Crippen LogP contribution in [0.3, 0.4) is 0 Å². The summed E-state index contributed by atoms with van der Waals surface area (Å²) in [5, 5.41) is 0. The van der Waals surface area contributed by atoms with E-state index in [1.807, 2.05) is 91.9 Å². The molecule has 130 valence electrons. The average molecular weight is 345 g/mol. The molecule has 0 aliphatic carbocycles. The molecule has 2 atom stereocenters. The monoisotopic (exact) mass is 345 g/mol. The third-order valence-corrected chi connectivity index (χ3v) is 4.33. The van der Waals surface area contributed by atoms with E-state index in [2.05, 4.69) is 0 Å². The van der Waals surface area contributed by atoms with Gasteiger partial charge in [0.2, 0.25) is 6.10 Å². The van der Waals surface area contributed by atoms with Gasteiger partial charge in [-0.2, -0.15) is 0 Å². The lowest BCUT2D eigenvalue weighted by Gasteiger charge is -2.34. The second-order valence-electron chi connectivity index (χ2n) is 6.15. The van der Waals surface area contributed by atoms with Gasteiger partial charge in [-0.25, -0.2) is 0 Å². The van der Waals surface area contributed by atoms with Gasteiger partial charge in [0.25, 0.3) is 5.91 Å². The summed E-state index contributed by atoms with van der Waals surface area (Å²) in [5.41, 5.74) is 1.58. The van der Waals surface area contributed by atoms with Gasteiger partial charge in [-0.1, -0.05) is 48.5 Å². The SMILES string of the molecule is C[C@@H]1Oc2ccccc2O[C@H]1C(=O)N(c1ccccc1)c1ccccc1. The molecule has 3 aromatic carbocycles. The van der Waals surface area contributed by atoms with E-state index in [0.717, 1.165) is 11.4 Å². The van der Waals surface area contributed by atoms with Crippen LogP contribution in [0.4, 0.5) is 11.4 Å². The lowest BCUT2D eigenvalue weighted by atomic mass is 10.1. The number of amides is 1. The zero-order valence-electron chi connectivity index (χ0n) is 14.4. The van der Waals surface area contributed by atoms with Gasteiger partial charge in [0.15, 0.2) is 11.5 Å². The summed E-state index contributed by atoms with van der Waals surface area (Å²) >= 11 is 0. The van der Waals surface area contributed by atoms with Crippen molar-refractivity contribution >= 4 is 17.3 Å². The molecule has 4 nitrogen and oxygen atoms in total. The predicted molar refractivity (Wildman–Crippen MR) is 101 cm³/mol. The first-order chi connectivity index (χ1) is 12.7. The summed E-state index contributed by atoms with van der Waals surface area (Å²) in [7, 11) is 0. The molecule has 0 bridgehead atoms. The largest absolute Gasteiger partial charge is 0.482 e. The van der Waals surface area contributed by atoms with Gasteiger partial charge in [-0.05, 0) is 43.3 Å². The molecule has 0 fully saturated rings. The minimum atomic E-state index is -0.731. The molecule has 1 amide bonds. The number of fused-ring (bicyclic) bond motifs is 1. The molecular formula is C22H19NO3. The molecule has 3 aromatic rings. The topological polar surface area (TPSA) is 38.8 Å². The molecule has 0 saturated heterocycles. The van der Waals surface area contributed by atoms with Crippen molar-refractivity contribution in [2.24, 2.45) is 0 Å². The van der Waals surface area contributed by atoms with Crippen LogP contribution in [0.5, 0.6) is 11.5 Å². The molecule has 26 heavy (non-hydrogen) atoms. The molecule has 0 saturated carbocycles. The number of nitrogens with zero attached hydrogens (tertiary/aromatic N) is 1. The fraction of sp³-hybridized carbons (Fsp3) is 0.136. The fourth-order valence-corrected chi connectivity index (χ4v) is 3.08. The maximum atomic E-state index is 13.4. The van der Waals surface area contributed by atoms with Crippen molar-refractivity contribution in [1.82, 2.24) is 0 Å². The maximum Gasteiger partial charge on any atom is 0.276 e. The highest BCUT2D eigenvalue weighted by Gasteiger charge is 2.37. The molecule has 0 radical (unpaired) electrons. The van der Waals surface area contributed by atoms with Crippen LogP contribution in [0, 0.1) is 0 Å². The van der Waals surface area contributed by atoms with E-state index in [1.165, 1.54) is 0 Å². The van der Waals surface area contributed by atoms with Crippen molar-refractivity contribution in [3.05, 3.63) is 84.9 Å². The lowest BCUT2D eigenvalue weighted by Crippen LogP contribution is -2.49. The van der Waals surface area contributed by atoms with Crippen molar-refractivity contribution in [3.63, 3.8) is 0 Å².